The summed E-state index contributed by atoms with van der Waals surface area (Å²) in [6.45, 7) is 0. The monoisotopic (exact) mass is 401 g/mol. The minimum absolute atomic E-state index is 0.274. The highest BCUT2D eigenvalue weighted by Gasteiger charge is 2.61. The average Bonchev–Trinajstić information content (AvgIpc) is 3.38. The molecule has 1 heteroatoms. The number of hydrogen-bond donors (Lipinski definition) is 1. The Labute approximate surface area is 183 Å². The third kappa shape index (κ3) is 1.99. The van der Waals surface area contributed by atoms with E-state index in [2.05, 4.69) is 77.9 Å². The van der Waals surface area contributed by atoms with Crippen molar-refractivity contribution in [1.82, 2.24) is 4.98 Å². The van der Waals surface area contributed by atoms with Crippen LogP contribution in [0.3, 0.4) is 0 Å². The van der Waals surface area contributed by atoms with E-state index >= 15 is 0 Å². The minimum atomic E-state index is 0.274. The Hall–Kier alpha value is -2.80. The smallest absolute Gasteiger partial charge is 0.0533 e. The molecule has 0 aliphatic heterocycles. The van der Waals surface area contributed by atoms with Crippen molar-refractivity contribution in [1.29, 1.82) is 0 Å². The van der Waals surface area contributed by atoms with Gasteiger partial charge in [0.2, 0.25) is 0 Å². The normalized spacial score (nSPS) is 32.0. The molecule has 3 aromatic carbocycles. The lowest BCUT2D eigenvalue weighted by Gasteiger charge is -2.61. The van der Waals surface area contributed by atoms with Gasteiger partial charge in [0.25, 0.3) is 0 Å². The highest BCUT2D eigenvalue weighted by Crippen LogP contribution is 2.69. The molecule has 4 saturated carbocycles. The van der Waals surface area contributed by atoms with Gasteiger partial charge in [-0.15, -0.1) is 0 Å². The highest BCUT2D eigenvalue weighted by atomic mass is 14.7. The van der Waals surface area contributed by atoms with Crippen LogP contribution in [0.5, 0.6) is 0 Å². The number of H-pyrrole nitrogens is 1. The van der Waals surface area contributed by atoms with E-state index in [4.69, 9.17) is 0 Å². The van der Waals surface area contributed by atoms with Crippen LogP contribution >= 0.6 is 0 Å². The molecule has 0 radical (unpaired) electrons. The van der Waals surface area contributed by atoms with Crippen molar-refractivity contribution in [3.63, 3.8) is 0 Å². The van der Waals surface area contributed by atoms with Crippen LogP contribution in [0, 0.1) is 23.7 Å². The Morgan fingerprint density at radius 3 is 2.23 bits per heavy atom. The molecule has 1 nitrogen and oxygen atoms in total. The first-order valence-electron chi connectivity index (χ1n) is 12.1. The summed E-state index contributed by atoms with van der Waals surface area (Å²) in [7, 11) is 0. The zero-order chi connectivity index (χ0) is 20.2. The van der Waals surface area contributed by atoms with Crippen LogP contribution in [0.25, 0.3) is 33.2 Å². The molecule has 5 aliphatic carbocycles. The number of aromatic amines is 1. The van der Waals surface area contributed by atoms with Crippen molar-refractivity contribution in [2.45, 2.75) is 37.5 Å². The molecule has 0 saturated heterocycles. The second-order valence-corrected chi connectivity index (χ2v) is 10.7. The van der Waals surface area contributed by atoms with Gasteiger partial charge in [0.15, 0.2) is 0 Å². The predicted molar refractivity (Wildman–Crippen MR) is 127 cm³/mol. The molecule has 5 aliphatic rings. The summed E-state index contributed by atoms with van der Waals surface area (Å²) < 4.78 is 0. The van der Waals surface area contributed by atoms with Crippen LogP contribution < -0.4 is 0 Å². The van der Waals surface area contributed by atoms with Crippen molar-refractivity contribution in [3.8, 4) is 22.3 Å². The number of hydrogen-bond acceptors (Lipinski definition) is 0. The molecule has 0 unspecified atom stereocenters. The maximum absolute atomic E-state index is 3.47. The first kappa shape index (κ1) is 16.8. The molecule has 4 bridgehead atoms. The van der Waals surface area contributed by atoms with E-state index < -0.39 is 0 Å². The van der Waals surface area contributed by atoms with E-state index in [1.54, 1.807) is 11.1 Å². The highest BCUT2D eigenvalue weighted by molar-refractivity contribution is 5.96. The summed E-state index contributed by atoms with van der Waals surface area (Å²) in [5.41, 5.74) is 10.5. The fraction of sp³-hybridized carbons (Fsp3) is 0.333. The van der Waals surface area contributed by atoms with Crippen LogP contribution in [0.15, 0.2) is 72.9 Å². The maximum Gasteiger partial charge on any atom is 0.0533 e. The SMILES string of the molecule is c1ccc2c(c1)-c1cc(-c3cccc4cc[nH]c34)ccc1C21C2CC3CC(C2)CC1C3. The topological polar surface area (TPSA) is 15.8 Å². The molecular formula is C30H27N. The fourth-order valence-corrected chi connectivity index (χ4v) is 8.65. The third-order valence-electron chi connectivity index (χ3n) is 9.45. The first-order chi connectivity index (χ1) is 15.3. The summed E-state index contributed by atoms with van der Waals surface area (Å²) in [6, 6.07) is 25.7. The minimum Gasteiger partial charge on any atom is -0.361 e. The second-order valence-electron chi connectivity index (χ2n) is 10.7. The summed E-state index contributed by atoms with van der Waals surface area (Å²) in [5.74, 6) is 3.66. The lowest BCUT2D eigenvalue weighted by Crippen LogP contribution is -2.55. The van der Waals surface area contributed by atoms with Gasteiger partial charge >= 0.3 is 0 Å². The Morgan fingerprint density at radius 2 is 1.39 bits per heavy atom. The van der Waals surface area contributed by atoms with Gasteiger partial charge < -0.3 is 4.98 Å². The Kier molecular flexibility index (Phi) is 3.10. The van der Waals surface area contributed by atoms with Crippen LogP contribution in [-0.2, 0) is 5.41 Å². The molecule has 1 N–H and O–H groups in total. The van der Waals surface area contributed by atoms with E-state index in [0.29, 0.717) is 0 Å². The summed E-state index contributed by atoms with van der Waals surface area (Å²) in [4.78, 5) is 3.47. The maximum atomic E-state index is 3.47. The molecule has 0 amide bonds. The van der Waals surface area contributed by atoms with Gasteiger partial charge in [-0.3, -0.25) is 0 Å². The van der Waals surface area contributed by atoms with Gasteiger partial charge in [0.05, 0.1) is 5.52 Å². The standard InChI is InChI=1S/C30H27N/c1-2-7-27-25(5-1)26-17-21(24-6-3-4-20-10-11-31-29(20)24)8-9-28(26)30(27)22-13-18-12-19(15-22)16-23(30)14-18/h1-11,17-19,22-23,31H,12-16H2. The van der Waals surface area contributed by atoms with Crippen molar-refractivity contribution in [2.24, 2.45) is 23.7 Å². The van der Waals surface area contributed by atoms with Gasteiger partial charge in [0.1, 0.15) is 0 Å². The summed E-state index contributed by atoms with van der Waals surface area (Å²) in [5, 5.41) is 1.29. The number of benzene rings is 3. The van der Waals surface area contributed by atoms with Gasteiger partial charge in [-0.2, -0.15) is 0 Å². The van der Waals surface area contributed by atoms with Crippen LogP contribution in [0.1, 0.15) is 43.2 Å². The zero-order valence-electron chi connectivity index (χ0n) is 17.8. The number of fused-ring (bicyclic) bond motifs is 4. The van der Waals surface area contributed by atoms with Crippen molar-refractivity contribution < 1.29 is 0 Å². The quantitative estimate of drug-likeness (QED) is 0.339. The molecule has 1 spiro atoms. The second kappa shape index (κ2) is 5.71. The first-order valence-corrected chi connectivity index (χ1v) is 12.1. The number of nitrogens with one attached hydrogen (secondary N) is 1. The van der Waals surface area contributed by atoms with Crippen molar-refractivity contribution >= 4 is 10.9 Å². The molecular weight excluding hydrogens is 374 g/mol. The zero-order valence-corrected chi connectivity index (χ0v) is 17.8. The Morgan fingerprint density at radius 1 is 0.645 bits per heavy atom. The molecule has 31 heavy (non-hydrogen) atoms. The lowest BCUT2D eigenvalue weighted by molar-refractivity contribution is -0.0399. The largest absolute Gasteiger partial charge is 0.361 e. The molecule has 152 valence electrons. The fourth-order valence-electron chi connectivity index (χ4n) is 8.65. The summed E-state index contributed by atoms with van der Waals surface area (Å²) in [6.07, 6.45) is 9.36. The van der Waals surface area contributed by atoms with Crippen LogP contribution in [0.2, 0.25) is 0 Å². The van der Waals surface area contributed by atoms with Gasteiger partial charge in [-0.1, -0.05) is 54.6 Å². The molecule has 9 rings (SSSR count). The molecule has 4 fully saturated rings. The third-order valence-corrected chi connectivity index (χ3v) is 9.45. The van der Waals surface area contributed by atoms with Crippen molar-refractivity contribution in [2.75, 3.05) is 0 Å². The van der Waals surface area contributed by atoms with E-state index in [1.165, 1.54) is 65.3 Å². The van der Waals surface area contributed by atoms with E-state index in [-0.39, 0.29) is 5.41 Å². The molecule has 1 heterocycles. The Balaban J connectivity index is 1.38. The Bertz CT molecular complexity index is 1330. The lowest BCUT2D eigenvalue weighted by atomic mass is 9.43. The summed E-state index contributed by atoms with van der Waals surface area (Å²) >= 11 is 0. The molecule has 4 aromatic rings. The van der Waals surface area contributed by atoms with E-state index in [0.717, 1.165) is 23.7 Å². The number of aromatic nitrogens is 1. The number of rotatable bonds is 1. The van der Waals surface area contributed by atoms with Crippen LogP contribution in [0.4, 0.5) is 0 Å². The van der Waals surface area contributed by atoms with Gasteiger partial charge in [0, 0.05) is 17.2 Å². The van der Waals surface area contributed by atoms with E-state index in [1.807, 2.05) is 0 Å². The molecule has 0 atom stereocenters. The van der Waals surface area contributed by atoms with Crippen molar-refractivity contribution in [3.05, 3.63) is 84.1 Å². The molecule has 1 aromatic heterocycles. The van der Waals surface area contributed by atoms with Gasteiger partial charge in [-0.05, 0) is 101 Å². The number of para-hydroxylation sites is 1. The van der Waals surface area contributed by atoms with E-state index in [9.17, 15) is 0 Å². The van der Waals surface area contributed by atoms with Gasteiger partial charge in [-0.25, -0.2) is 0 Å². The predicted octanol–water partition coefficient (Wildman–Crippen LogP) is 7.56. The van der Waals surface area contributed by atoms with Crippen LogP contribution in [-0.4, -0.2) is 4.98 Å². The average molecular weight is 402 g/mol.